The topological polar surface area (TPSA) is 54.6 Å². The lowest BCUT2D eigenvalue weighted by atomic mass is 9.72. The lowest BCUT2D eigenvalue weighted by Gasteiger charge is -2.49. The molecule has 5 heteroatoms. The Kier molecular flexibility index (Phi) is 3.83. The van der Waals surface area contributed by atoms with Crippen LogP contribution in [0, 0.1) is 18.8 Å². The van der Waals surface area contributed by atoms with Gasteiger partial charge in [0.05, 0.1) is 31.1 Å². The molecule has 1 fully saturated rings. The molecule has 0 unspecified atom stereocenters. The maximum Gasteiger partial charge on any atom is 0.337 e. The van der Waals surface area contributed by atoms with E-state index in [9.17, 15) is 4.79 Å². The number of carbonyl (C=O) groups excluding carboxylic acids is 1. The number of hydrogen-bond donors (Lipinski definition) is 1. The molecule has 5 nitrogen and oxygen atoms in total. The zero-order valence-corrected chi connectivity index (χ0v) is 16.1. The van der Waals surface area contributed by atoms with E-state index in [0.717, 1.165) is 25.9 Å². The molecule has 3 aliphatic heterocycles. The van der Waals surface area contributed by atoms with Crippen LogP contribution < -0.4 is 0 Å². The molecule has 4 heterocycles. The first-order valence-corrected chi connectivity index (χ1v) is 9.85. The van der Waals surface area contributed by atoms with Gasteiger partial charge >= 0.3 is 5.97 Å². The Balaban J connectivity index is 1.55. The van der Waals surface area contributed by atoms with Crippen molar-refractivity contribution in [3.05, 3.63) is 46.9 Å². The van der Waals surface area contributed by atoms with Crippen molar-refractivity contribution in [2.24, 2.45) is 11.8 Å². The molecule has 0 amide bonds. The average molecular weight is 366 g/mol. The van der Waals surface area contributed by atoms with Crippen molar-refractivity contribution in [3.8, 4) is 0 Å². The normalized spacial score (nSPS) is 30.0. The van der Waals surface area contributed by atoms with E-state index in [4.69, 9.17) is 9.47 Å². The summed E-state index contributed by atoms with van der Waals surface area (Å²) in [4.78, 5) is 18.6. The maximum absolute atomic E-state index is 12.3. The van der Waals surface area contributed by atoms with E-state index >= 15 is 0 Å². The molecule has 1 saturated heterocycles. The first-order valence-electron chi connectivity index (χ1n) is 9.85. The largest absolute Gasteiger partial charge is 0.497 e. The molecule has 0 radical (unpaired) electrons. The van der Waals surface area contributed by atoms with Crippen LogP contribution in [0.2, 0.25) is 0 Å². The third-order valence-electron chi connectivity index (χ3n) is 6.79. The van der Waals surface area contributed by atoms with E-state index in [2.05, 4.69) is 41.9 Å². The van der Waals surface area contributed by atoms with E-state index in [1.807, 2.05) is 0 Å². The number of fused-ring (bicyclic) bond motifs is 6. The second kappa shape index (κ2) is 6.13. The fraction of sp³-hybridized carbons (Fsp3) is 0.500. The summed E-state index contributed by atoms with van der Waals surface area (Å²) >= 11 is 0. The fourth-order valence-electron chi connectivity index (χ4n) is 5.35. The molecule has 2 aromatic rings. The Morgan fingerprint density at radius 3 is 3.04 bits per heavy atom. The number of aromatic amines is 1. The lowest BCUT2D eigenvalue weighted by molar-refractivity contribution is -0.139. The van der Waals surface area contributed by atoms with Crippen molar-refractivity contribution in [1.29, 1.82) is 0 Å². The molecule has 1 N–H and O–H groups in total. The smallest absolute Gasteiger partial charge is 0.337 e. The van der Waals surface area contributed by atoms with Crippen LogP contribution in [0.4, 0.5) is 0 Å². The minimum absolute atomic E-state index is 0.121. The van der Waals surface area contributed by atoms with Crippen LogP contribution in [0.1, 0.15) is 36.2 Å². The second-order valence-corrected chi connectivity index (χ2v) is 8.24. The summed E-state index contributed by atoms with van der Waals surface area (Å²) in [5.74, 6) is 0.253. The van der Waals surface area contributed by atoms with Crippen LogP contribution >= 0.6 is 0 Å². The van der Waals surface area contributed by atoms with Crippen LogP contribution in [0.15, 0.2) is 30.0 Å². The number of piperidine rings is 1. The van der Waals surface area contributed by atoms with Crippen LogP contribution in [-0.4, -0.2) is 42.2 Å². The first-order chi connectivity index (χ1) is 13.1. The Morgan fingerprint density at radius 1 is 1.37 bits per heavy atom. The number of hydrogen-bond acceptors (Lipinski definition) is 4. The van der Waals surface area contributed by atoms with Gasteiger partial charge in [-0.2, -0.15) is 0 Å². The van der Waals surface area contributed by atoms with Crippen molar-refractivity contribution in [3.63, 3.8) is 0 Å². The zero-order chi connectivity index (χ0) is 18.7. The zero-order valence-electron chi connectivity index (χ0n) is 16.1. The lowest BCUT2D eigenvalue weighted by Crippen LogP contribution is -2.51. The van der Waals surface area contributed by atoms with Gasteiger partial charge < -0.3 is 14.5 Å². The predicted molar refractivity (Wildman–Crippen MR) is 103 cm³/mol. The standard InChI is InChI=1S/C22H26N2O3/c1-12-4-5-19-16(8-12)14-6-7-24-10-17-13(2)27-11-18(22(25)26-3)15(17)9-20(24)21(14)23-19/h4-5,8,11,13,15,17,20,23H,6-7,9-10H2,1-3H3/t13-,15-,17-,20-/m0/s1. The first kappa shape index (κ1) is 16.9. The van der Waals surface area contributed by atoms with E-state index in [1.54, 1.807) is 6.26 Å². The van der Waals surface area contributed by atoms with Crippen molar-refractivity contribution in [2.45, 2.75) is 38.8 Å². The molecular formula is C22H26N2O3. The van der Waals surface area contributed by atoms with Gasteiger partial charge in [0.15, 0.2) is 0 Å². The summed E-state index contributed by atoms with van der Waals surface area (Å²) < 4.78 is 10.8. The van der Waals surface area contributed by atoms with E-state index in [1.165, 1.54) is 34.8 Å². The highest BCUT2D eigenvalue weighted by atomic mass is 16.5. The Hall–Kier alpha value is -2.27. The molecule has 5 rings (SSSR count). The SMILES string of the molecule is COC(=O)C1=CO[C@@H](C)[C@@H]2CN3CCc4c([nH]c5ccc(C)cc45)[C@@H]3C[C@H]12. The summed E-state index contributed by atoms with van der Waals surface area (Å²) in [6.45, 7) is 6.28. The van der Waals surface area contributed by atoms with Gasteiger partial charge in [-0.15, -0.1) is 0 Å². The number of ether oxygens (including phenoxy) is 2. The summed E-state index contributed by atoms with van der Waals surface area (Å²) in [5.41, 5.74) is 6.00. The molecule has 142 valence electrons. The van der Waals surface area contributed by atoms with Gasteiger partial charge in [-0.1, -0.05) is 11.6 Å². The number of aromatic nitrogens is 1. The van der Waals surface area contributed by atoms with Crippen molar-refractivity contribution in [2.75, 3.05) is 20.2 Å². The number of carbonyl (C=O) groups is 1. The van der Waals surface area contributed by atoms with Gasteiger partial charge in [-0.05, 0) is 44.4 Å². The van der Waals surface area contributed by atoms with Crippen LogP contribution in [-0.2, 0) is 20.7 Å². The molecule has 0 spiro atoms. The minimum atomic E-state index is -0.256. The summed E-state index contributed by atoms with van der Waals surface area (Å²) in [6.07, 6.45) is 3.77. The predicted octanol–water partition coefficient (Wildman–Crippen LogP) is 3.49. The number of nitrogens with one attached hydrogen (secondary N) is 1. The molecule has 1 aromatic carbocycles. The maximum atomic E-state index is 12.3. The second-order valence-electron chi connectivity index (χ2n) is 8.24. The summed E-state index contributed by atoms with van der Waals surface area (Å²) in [6, 6.07) is 6.97. The Labute approximate surface area is 159 Å². The number of nitrogens with zero attached hydrogens (tertiary/aromatic N) is 1. The third-order valence-corrected chi connectivity index (χ3v) is 6.79. The number of aryl methyl sites for hydroxylation is 1. The Morgan fingerprint density at radius 2 is 2.22 bits per heavy atom. The molecule has 4 atom stereocenters. The average Bonchev–Trinajstić information content (AvgIpc) is 3.05. The molecule has 0 saturated carbocycles. The molecule has 1 aromatic heterocycles. The summed E-state index contributed by atoms with van der Waals surface area (Å²) in [5, 5.41) is 1.36. The monoisotopic (exact) mass is 366 g/mol. The third kappa shape index (κ3) is 2.52. The van der Waals surface area contributed by atoms with E-state index < -0.39 is 0 Å². The molecule has 0 bridgehead atoms. The van der Waals surface area contributed by atoms with Crippen LogP contribution in [0.3, 0.4) is 0 Å². The van der Waals surface area contributed by atoms with E-state index in [0.29, 0.717) is 17.5 Å². The number of esters is 1. The van der Waals surface area contributed by atoms with Crippen molar-refractivity contribution >= 4 is 16.9 Å². The van der Waals surface area contributed by atoms with Gasteiger partial charge in [-0.3, -0.25) is 4.90 Å². The van der Waals surface area contributed by atoms with Gasteiger partial charge in [-0.25, -0.2) is 4.79 Å². The summed E-state index contributed by atoms with van der Waals surface area (Å²) in [7, 11) is 1.45. The van der Waals surface area contributed by atoms with Crippen LogP contribution in [0.5, 0.6) is 0 Å². The number of methoxy groups -OCH3 is 1. The molecular weight excluding hydrogens is 340 g/mol. The Bertz CT molecular complexity index is 944. The molecule has 3 aliphatic rings. The van der Waals surface area contributed by atoms with E-state index in [-0.39, 0.29) is 18.0 Å². The van der Waals surface area contributed by atoms with Crippen LogP contribution in [0.25, 0.3) is 10.9 Å². The highest BCUT2D eigenvalue weighted by molar-refractivity contribution is 5.89. The number of H-pyrrole nitrogens is 1. The quantitative estimate of drug-likeness (QED) is 0.785. The highest BCUT2D eigenvalue weighted by Crippen LogP contribution is 2.47. The molecule has 0 aliphatic carbocycles. The van der Waals surface area contributed by atoms with Gasteiger partial charge in [0.2, 0.25) is 0 Å². The van der Waals surface area contributed by atoms with Crippen molar-refractivity contribution in [1.82, 2.24) is 9.88 Å². The minimum Gasteiger partial charge on any atom is -0.497 e. The highest BCUT2D eigenvalue weighted by Gasteiger charge is 2.46. The fourth-order valence-corrected chi connectivity index (χ4v) is 5.35. The van der Waals surface area contributed by atoms with Gasteiger partial charge in [0, 0.05) is 41.5 Å². The van der Waals surface area contributed by atoms with Gasteiger partial charge in [0.1, 0.15) is 0 Å². The number of benzene rings is 1. The molecule has 27 heavy (non-hydrogen) atoms. The van der Waals surface area contributed by atoms with Crippen molar-refractivity contribution < 1.29 is 14.3 Å². The van der Waals surface area contributed by atoms with Gasteiger partial charge in [0.25, 0.3) is 0 Å². The number of rotatable bonds is 1.